The Labute approximate surface area is 214 Å². The van der Waals surface area contributed by atoms with Crippen molar-refractivity contribution in [1.82, 2.24) is 15.1 Å². The Morgan fingerprint density at radius 1 is 1.08 bits per heavy atom. The van der Waals surface area contributed by atoms with Gasteiger partial charge in [-0.15, -0.1) is 0 Å². The topological polar surface area (TPSA) is 88.9 Å². The number of urea groups is 1. The SMILES string of the molecule is N#Cc1ccccc1N1CCC(NCC2CCN(C(=O)N3C(=O)OCC3c3ccc(F)c(F)c3)C2)CC1. The number of nitriles is 1. The summed E-state index contributed by atoms with van der Waals surface area (Å²) in [5.74, 6) is -1.77. The number of hydrogen-bond acceptors (Lipinski definition) is 6. The number of benzene rings is 2. The second kappa shape index (κ2) is 10.7. The van der Waals surface area contributed by atoms with E-state index >= 15 is 0 Å². The first-order chi connectivity index (χ1) is 17.9. The van der Waals surface area contributed by atoms with Crippen LogP contribution in [0.5, 0.6) is 0 Å². The van der Waals surface area contributed by atoms with Gasteiger partial charge in [0.1, 0.15) is 18.7 Å². The van der Waals surface area contributed by atoms with Crippen LogP contribution in [0.4, 0.5) is 24.1 Å². The summed E-state index contributed by atoms with van der Waals surface area (Å²) in [6.07, 6.45) is 1.97. The minimum absolute atomic E-state index is 0.0913. The second-order valence-electron chi connectivity index (χ2n) is 9.82. The molecular weight excluding hydrogens is 480 g/mol. The molecule has 2 aromatic rings. The number of cyclic esters (lactones) is 1. The molecule has 1 N–H and O–H groups in total. The van der Waals surface area contributed by atoms with Gasteiger partial charge in [0, 0.05) is 32.2 Å². The standard InChI is InChI=1S/C27H29F2N5O3/c28-22-6-5-19(13-23(22)29)25-17-37-27(36)34(25)26(35)33-10-7-18(16-33)15-31-21-8-11-32(12-9-21)24-4-2-1-3-20(24)14-30/h1-6,13,18,21,25,31H,7-12,15-17H2. The Hall–Kier alpha value is -3.71. The van der Waals surface area contributed by atoms with E-state index in [9.17, 15) is 23.6 Å². The molecule has 2 aromatic carbocycles. The number of carbonyl (C=O) groups is 2. The highest BCUT2D eigenvalue weighted by Gasteiger charge is 2.42. The first-order valence-electron chi connectivity index (χ1n) is 12.6. The molecule has 0 saturated carbocycles. The van der Waals surface area contributed by atoms with E-state index in [-0.39, 0.29) is 12.5 Å². The molecule has 194 valence electrons. The van der Waals surface area contributed by atoms with E-state index in [0.717, 1.165) is 61.6 Å². The lowest BCUT2D eigenvalue weighted by Gasteiger charge is -2.35. The number of imide groups is 1. The zero-order valence-electron chi connectivity index (χ0n) is 20.4. The molecule has 3 heterocycles. The van der Waals surface area contributed by atoms with Crippen molar-refractivity contribution >= 4 is 17.8 Å². The number of hydrogen-bond donors (Lipinski definition) is 1. The number of para-hydroxylation sites is 1. The maximum atomic E-state index is 13.8. The quantitative estimate of drug-likeness (QED) is 0.655. The summed E-state index contributed by atoms with van der Waals surface area (Å²) in [4.78, 5) is 30.4. The van der Waals surface area contributed by atoms with Gasteiger partial charge < -0.3 is 19.9 Å². The Bertz CT molecular complexity index is 1210. The van der Waals surface area contributed by atoms with Crippen LogP contribution in [-0.4, -0.2) is 67.3 Å². The maximum absolute atomic E-state index is 13.8. The van der Waals surface area contributed by atoms with Crippen LogP contribution in [0, 0.1) is 28.9 Å². The molecular formula is C27H29F2N5O3. The van der Waals surface area contributed by atoms with Gasteiger partial charge in [-0.2, -0.15) is 5.26 Å². The zero-order chi connectivity index (χ0) is 25.9. The number of carbonyl (C=O) groups excluding carboxylic acids is 2. The van der Waals surface area contributed by atoms with Gasteiger partial charge in [-0.1, -0.05) is 18.2 Å². The molecule has 8 nitrogen and oxygen atoms in total. The van der Waals surface area contributed by atoms with Gasteiger partial charge in [0.25, 0.3) is 0 Å². The average molecular weight is 510 g/mol. The number of anilines is 1. The molecule has 37 heavy (non-hydrogen) atoms. The average Bonchev–Trinajstić information content (AvgIpc) is 3.56. The number of ether oxygens (including phenoxy) is 1. The van der Waals surface area contributed by atoms with E-state index in [4.69, 9.17) is 4.74 Å². The van der Waals surface area contributed by atoms with Gasteiger partial charge in [0.05, 0.1) is 11.3 Å². The number of amides is 3. The van der Waals surface area contributed by atoms with E-state index in [0.29, 0.717) is 30.3 Å². The molecule has 2 unspecified atom stereocenters. The second-order valence-corrected chi connectivity index (χ2v) is 9.82. The fourth-order valence-corrected chi connectivity index (χ4v) is 5.43. The van der Waals surface area contributed by atoms with Crippen molar-refractivity contribution in [2.24, 2.45) is 5.92 Å². The van der Waals surface area contributed by atoms with Crippen molar-refractivity contribution in [3.63, 3.8) is 0 Å². The van der Waals surface area contributed by atoms with Crippen LogP contribution in [0.2, 0.25) is 0 Å². The molecule has 3 aliphatic heterocycles. The van der Waals surface area contributed by atoms with E-state index in [2.05, 4.69) is 16.3 Å². The molecule has 2 atom stereocenters. The van der Waals surface area contributed by atoms with Gasteiger partial charge in [-0.3, -0.25) is 0 Å². The molecule has 3 aliphatic rings. The maximum Gasteiger partial charge on any atom is 0.418 e. The Morgan fingerprint density at radius 2 is 1.86 bits per heavy atom. The van der Waals surface area contributed by atoms with Gasteiger partial charge in [0.15, 0.2) is 11.6 Å². The van der Waals surface area contributed by atoms with E-state index in [1.54, 1.807) is 4.90 Å². The third-order valence-corrected chi connectivity index (χ3v) is 7.52. The summed E-state index contributed by atoms with van der Waals surface area (Å²) in [6.45, 7) is 3.44. The van der Waals surface area contributed by atoms with Crippen molar-refractivity contribution in [2.45, 2.75) is 31.3 Å². The van der Waals surface area contributed by atoms with Crippen LogP contribution < -0.4 is 10.2 Å². The first-order valence-corrected chi connectivity index (χ1v) is 12.6. The Balaban J connectivity index is 1.12. The number of nitrogens with zero attached hydrogens (tertiary/aromatic N) is 4. The molecule has 3 fully saturated rings. The van der Waals surface area contributed by atoms with Crippen molar-refractivity contribution in [3.8, 4) is 6.07 Å². The summed E-state index contributed by atoms with van der Waals surface area (Å²) in [5.41, 5.74) is 1.99. The van der Waals surface area contributed by atoms with Crippen molar-refractivity contribution in [1.29, 1.82) is 5.26 Å². The molecule has 0 spiro atoms. The number of halogens is 2. The van der Waals surface area contributed by atoms with Crippen LogP contribution in [0.3, 0.4) is 0 Å². The summed E-state index contributed by atoms with van der Waals surface area (Å²) in [7, 11) is 0. The fourth-order valence-electron chi connectivity index (χ4n) is 5.43. The van der Waals surface area contributed by atoms with Crippen molar-refractivity contribution in [2.75, 3.05) is 44.2 Å². The van der Waals surface area contributed by atoms with E-state index < -0.39 is 29.8 Å². The van der Waals surface area contributed by atoms with Crippen LogP contribution >= 0.6 is 0 Å². The largest absolute Gasteiger partial charge is 0.446 e. The Kier molecular flexibility index (Phi) is 7.24. The summed E-state index contributed by atoms with van der Waals surface area (Å²) in [6, 6.07) is 12.4. The lowest BCUT2D eigenvalue weighted by molar-refractivity contribution is 0.144. The van der Waals surface area contributed by atoms with Gasteiger partial charge >= 0.3 is 12.1 Å². The Morgan fingerprint density at radius 3 is 2.62 bits per heavy atom. The van der Waals surface area contributed by atoms with Crippen molar-refractivity contribution in [3.05, 3.63) is 65.2 Å². The highest BCUT2D eigenvalue weighted by Crippen LogP contribution is 2.31. The zero-order valence-corrected chi connectivity index (χ0v) is 20.4. The monoisotopic (exact) mass is 509 g/mol. The highest BCUT2D eigenvalue weighted by atomic mass is 19.2. The minimum Gasteiger partial charge on any atom is -0.446 e. The number of likely N-dealkylation sites (tertiary alicyclic amines) is 1. The van der Waals surface area contributed by atoms with Crippen LogP contribution in [0.15, 0.2) is 42.5 Å². The lowest BCUT2D eigenvalue weighted by atomic mass is 10.0. The molecule has 0 bridgehead atoms. The smallest absolute Gasteiger partial charge is 0.418 e. The summed E-state index contributed by atoms with van der Waals surface area (Å²) >= 11 is 0. The van der Waals surface area contributed by atoms with Crippen LogP contribution in [0.1, 0.15) is 36.4 Å². The predicted molar refractivity (Wildman–Crippen MR) is 132 cm³/mol. The molecule has 0 aliphatic carbocycles. The molecule has 3 saturated heterocycles. The third-order valence-electron chi connectivity index (χ3n) is 7.52. The molecule has 10 heteroatoms. The predicted octanol–water partition coefficient (Wildman–Crippen LogP) is 4.03. The van der Waals surface area contributed by atoms with Crippen molar-refractivity contribution < 1.29 is 23.1 Å². The van der Waals surface area contributed by atoms with Gasteiger partial charge in [0.2, 0.25) is 0 Å². The number of rotatable bonds is 5. The third kappa shape index (κ3) is 5.23. The number of piperidine rings is 1. The number of nitrogens with one attached hydrogen (secondary N) is 1. The van der Waals surface area contributed by atoms with E-state index in [1.165, 1.54) is 6.07 Å². The molecule has 0 radical (unpaired) electrons. The molecule has 0 aromatic heterocycles. The molecule has 5 rings (SSSR count). The summed E-state index contributed by atoms with van der Waals surface area (Å²) < 4.78 is 32.2. The molecule has 3 amide bonds. The van der Waals surface area contributed by atoms with Gasteiger partial charge in [-0.25, -0.2) is 23.3 Å². The lowest BCUT2D eigenvalue weighted by Crippen LogP contribution is -2.45. The van der Waals surface area contributed by atoms with E-state index in [1.807, 2.05) is 24.3 Å². The fraction of sp³-hybridized carbons (Fsp3) is 0.444. The normalized spacial score (nSPS) is 22.3. The first kappa shape index (κ1) is 25.0. The van der Waals surface area contributed by atoms with Crippen LogP contribution in [-0.2, 0) is 4.74 Å². The van der Waals surface area contributed by atoms with Gasteiger partial charge in [-0.05, 0) is 61.6 Å². The minimum atomic E-state index is -1.03. The van der Waals surface area contributed by atoms with Crippen LogP contribution in [0.25, 0.3) is 0 Å². The highest BCUT2D eigenvalue weighted by molar-refractivity contribution is 5.93. The summed E-state index contributed by atoms with van der Waals surface area (Å²) in [5, 5.41) is 13.0.